The highest BCUT2D eigenvalue weighted by Gasteiger charge is 2.45. The van der Waals surface area contributed by atoms with E-state index >= 15 is 0 Å². The maximum atomic E-state index is 12.4. The van der Waals surface area contributed by atoms with Crippen molar-refractivity contribution in [2.75, 3.05) is 20.1 Å². The number of nitrogens with one attached hydrogen (secondary N) is 1. The molecule has 2 amide bonds. The molecule has 0 bridgehead atoms. The lowest BCUT2D eigenvalue weighted by molar-refractivity contribution is -0.134. The summed E-state index contributed by atoms with van der Waals surface area (Å²) in [5.41, 5.74) is -0.0617. The van der Waals surface area contributed by atoms with E-state index in [9.17, 15) is 9.59 Å². The largest absolute Gasteiger partial charge is 0.358 e. The summed E-state index contributed by atoms with van der Waals surface area (Å²) in [6.45, 7) is 4.50. The van der Waals surface area contributed by atoms with Gasteiger partial charge in [-0.05, 0) is 31.1 Å². The maximum absolute atomic E-state index is 12.4. The highest BCUT2D eigenvalue weighted by atomic mass is 16.2. The van der Waals surface area contributed by atoms with E-state index in [0.29, 0.717) is 25.2 Å². The van der Waals surface area contributed by atoms with Gasteiger partial charge in [0.15, 0.2) is 0 Å². The Morgan fingerprint density at radius 3 is 2.90 bits per heavy atom. The second kappa shape index (κ2) is 5.86. The number of hydrogen-bond acceptors (Lipinski definition) is 3. The van der Waals surface area contributed by atoms with Crippen molar-refractivity contribution in [3.63, 3.8) is 0 Å². The Balaban J connectivity index is 2.40. The van der Waals surface area contributed by atoms with Crippen LogP contribution in [-0.4, -0.2) is 41.8 Å². The van der Waals surface area contributed by atoms with Gasteiger partial charge in [-0.1, -0.05) is 12.6 Å². The van der Waals surface area contributed by atoms with E-state index in [4.69, 9.17) is 0 Å². The predicted molar refractivity (Wildman–Crippen MR) is 76.0 cm³/mol. The Kier molecular flexibility index (Phi) is 4.17. The molecule has 0 aliphatic carbocycles. The van der Waals surface area contributed by atoms with Crippen LogP contribution in [0.15, 0.2) is 37.1 Å². The number of nitrogens with zero attached hydrogens (tertiary/aromatic N) is 2. The number of aromatic nitrogens is 1. The minimum atomic E-state index is -0.771. The summed E-state index contributed by atoms with van der Waals surface area (Å²) in [6, 6.07) is 5.52. The SMILES string of the molecule is C=CC(=O)N1CCCC(C(=O)NC)(c2ccccn2)C1. The highest BCUT2D eigenvalue weighted by Crippen LogP contribution is 2.33. The molecule has 20 heavy (non-hydrogen) atoms. The molecule has 1 atom stereocenters. The molecule has 1 fully saturated rings. The smallest absolute Gasteiger partial charge is 0.245 e. The van der Waals surface area contributed by atoms with Gasteiger partial charge in [0.2, 0.25) is 11.8 Å². The zero-order chi connectivity index (χ0) is 14.6. The van der Waals surface area contributed by atoms with Gasteiger partial charge < -0.3 is 10.2 Å². The van der Waals surface area contributed by atoms with Crippen LogP contribution in [-0.2, 0) is 15.0 Å². The number of piperidine rings is 1. The zero-order valence-electron chi connectivity index (χ0n) is 11.6. The van der Waals surface area contributed by atoms with Gasteiger partial charge in [0.05, 0.1) is 5.69 Å². The van der Waals surface area contributed by atoms with E-state index in [1.807, 2.05) is 18.2 Å². The van der Waals surface area contributed by atoms with Gasteiger partial charge in [0.25, 0.3) is 0 Å². The molecule has 5 nitrogen and oxygen atoms in total. The molecule has 1 aromatic rings. The number of likely N-dealkylation sites (N-methyl/N-ethyl adjacent to an activating group) is 1. The lowest BCUT2D eigenvalue weighted by atomic mass is 9.75. The fraction of sp³-hybridized carbons (Fsp3) is 0.400. The number of carbonyl (C=O) groups excluding carboxylic acids is 2. The monoisotopic (exact) mass is 273 g/mol. The van der Waals surface area contributed by atoms with Crippen molar-refractivity contribution >= 4 is 11.8 Å². The lowest BCUT2D eigenvalue weighted by Crippen LogP contribution is -2.55. The van der Waals surface area contributed by atoms with Crippen LogP contribution < -0.4 is 5.32 Å². The summed E-state index contributed by atoms with van der Waals surface area (Å²) in [7, 11) is 1.61. The fourth-order valence-electron chi connectivity index (χ4n) is 2.77. The van der Waals surface area contributed by atoms with E-state index in [-0.39, 0.29) is 11.8 Å². The minimum Gasteiger partial charge on any atom is -0.358 e. The number of amides is 2. The average molecular weight is 273 g/mol. The Hall–Kier alpha value is -2.17. The number of pyridine rings is 1. The van der Waals surface area contributed by atoms with Crippen molar-refractivity contribution in [3.05, 3.63) is 42.7 Å². The first-order valence-electron chi connectivity index (χ1n) is 6.69. The van der Waals surface area contributed by atoms with Gasteiger partial charge in [-0.2, -0.15) is 0 Å². The molecule has 1 unspecified atom stereocenters. The lowest BCUT2D eigenvalue weighted by Gasteiger charge is -2.40. The van der Waals surface area contributed by atoms with Gasteiger partial charge in [0.1, 0.15) is 5.41 Å². The Bertz CT molecular complexity index is 515. The summed E-state index contributed by atoms with van der Waals surface area (Å²) in [5.74, 6) is -0.244. The molecule has 1 N–H and O–H groups in total. The summed E-state index contributed by atoms with van der Waals surface area (Å²) < 4.78 is 0. The molecule has 0 aromatic carbocycles. The van der Waals surface area contributed by atoms with Gasteiger partial charge in [0, 0.05) is 26.3 Å². The fourth-order valence-corrected chi connectivity index (χ4v) is 2.77. The summed E-state index contributed by atoms with van der Waals surface area (Å²) >= 11 is 0. The molecule has 5 heteroatoms. The van der Waals surface area contributed by atoms with Crippen LogP contribution in [0.3, 0.4) is 0 Å². The molecule has 106 valence electrons. The van der Waals surface area contributed by atoms with E-state index in [2.05, 4.69) is 16.9 Å². The van der Waals surface area contributed by atoms with Gasteiger partial charge in [-0.3, -0.25) is 14.6 Å². The average Bonchev–Trinajstić information content (AvgIpc) is 2.54. The third-order valence-corrected chi connectivity index (χ3v) is 3.80. The molecule has 2 heterocycles. The van der Waals surface area contributed by atoms with Crippen molar-refractivity contribution in [1.82, 2.24) is 15.2 Å². The molecule has 1 aliphatic heterocycles. The Labute approximate surface area is 118 Å². The first kappa shape index (κ1) is 14.2. The molecular weight excluding hydrogens is 254 g/mol. The number of hydrogen-bond donors (Lipinski definition) is 1. The second-order valence-electron chi connectivity index (χ2n) is 4.94. The molecular formula is C15H19N3O2. The summed E-state index contributed by atoms with van der Waals surface area (Å²) in [5, 5.41) is 2.71. The van der Waals surface area contributed by atoms with Gasteiger partial charge in [-0.15, -0.1) is 0 Å². The standard InChI is InChI=1S/C15H19N3O2/c1-3-13(19)18-10-6-8-15(11-18,14(20)16-2)12-7-4-5-9-17-12/h3-5,7,9H,1,6,8,10-11H2,2H3,(H,16,20). The molecule has 0 radical (unpaired) electrons. The van der Waals surface area contributed by atoms with Crippen molar-refractivity contribution in [1.29, 1.82) is 0 Å². The van der Waals surface area contributed by atoms with Crippen LogP contribution in [0.25, 0.3) is 0 Å². The third kappa shape index (κ3) is 2.43. The maximum Gasteiger partial charge on any atom is 0.245 e. The third-order valence-electron chi connectivity index (χ3n) is 3.80. The molecule has 1 saturated heterocycles. The topological polar surface area (TPSA) is 62.3 Å². The number of rotatable bonds is 3. The summed E-state index contributed by atoms with van der Waals surface area (Å²) in [6.07, 6.45) is 4.42. The summed E-state index contributed by atoms with van der Waals surface area (Å²) in [4.78, 5) is 30.3. The van der Waals surface area contributed by atoms with Crippen molar-refractivity contribution < 1.29 is 9.59 Å². The quantitative estimate of drug-likeness (QED) is 0.831. The molecule has 0 saturated carbocycles. The molecule has 0 spiro atoms. The number of likely N-dealkylation sites (tertiary alicyclic amines) is 1. The highest BCUT2D eigenvalue weighted by molar-refractivity contribution is 5.91. The van der Waals surface area contributed by atoms with Crippen LogP contribution in [0, 0.1) is 0 Å². The van der Waals surface area contributed by atoms with Gasteiger partial charge in [-0.25, -0.2) is 0 Å². The zero-order valence-corrected chi connectivity index (χ0v) is 11.6. The van der Waals surface area contributed by atoms with Crippen molar-refractivity contribution in [2.24, 2.45) is 0 Å². The second-order valence-corrected chi connectivity index (χ2v) is 4.94. The Morgan fingerprint density at radius 2 is 2.30 bits per heavy atom. The first-order valence-corrected chi connectivity index (χ1v) is 6.69. The molecule has 2 rings (SSSR count). The minimum absolute atomic E-state index is 0.0993. The normalized spacial score (nSPS) is 22.1. The van der Waals surface area contributed by atoms with Crippen LogP contribution in [0.1, 0.15) is 18.5 Å². The van der Waals surface area contributed by atoms with E-state index < -0.39 is 5.41 Å². The predicted octanol–water partition coefficient (Wildman–Crippen LogP) is 0.874. The van der Waals surface area contributed by atoms with E-state index in [0.717, 1.165) is 6.42 Å². The molecule has 1 aromatic heterocycles. The van der Waals surface area contributed by atoms with E-state index in [1.165, 1.54) is 6.08 Å². The van der Waals surface area contributed by atoms with E-state index in [1.54, 1.807) is 18.1 Å². The first-order chi connectivity index (χ1) is 9.64. The van der Waals surface area contributed by atoms with Crippen molar-refractivity contribution in [2.45, 2.75) is 18.3 Å². The van der Waals surface area contributed by atoms with Crippen LogP contribution in [0.5, 0.6) is 0 Å². The van der Waals surface area contributed by atoms with Crippen LogP contribution >= 0.6 is 0 Å². The van der Waals surface area contributed by atoms with Crippen LogP contribution in [0.4, 0.5) is 0 Å². The van der Waals surface area contributed by atoms with Crippen LogP contribution in [0.2, 0.25) is 0 Å². The molecule has 1 aliphatic rings. The van der Waals surface area contributed by atoms with Crippen molar-refractivity contribution in [3.8, 4) is 0 Å². The Morgan fingerprint density at radius 1 is 1.50 bits per heavy atom. The number of carbonyl (C=O) groups is 2. The van der Waals surface area contributed by atoms with Gasteiger partial charge >= 0.3 is 0 Å².